The van der Waals surface area contributed by atoms with Crippen molar-refractivity contribution in [3.05, 3.63) is 121 Å². The Morgan fingerprint density at radius 1 is 0.633 bits per heavy atom. The summed E-state index contributed by atoms with van der Waals surface area (Å²) < 4.78 is 5.42. The average Bonchev–Trinajstić information content (AvgIpc) is 2.84. The first kappa shape index (κ1) is 19.9. The van der Waals surface area contributed by atoms with E-state index in [1.807, 2.05) is 42.5 Å². The van der Waals surface area contributed by atoms with Crippen LogP contribution in [0.5, 0.6) is 0 Å². The van der Waals surface area contributed by atoms with Gasteiger partial charge in [-0.05, 0) is 12.1 Å². The quantitative estimate of drug-likeness (QED) is 0.469. The molecule has 0 aliphatic rings. The first-order valence-corrected chi connectivity index (χ1v) is 11.6. The van der Waals surface area contributed by atoms with Crippen LogP contribution in [0.4, 0.5) is 5.69 Å². The fourth-order valence-corrected chi connectivity index (χ4v) is 7.15. The van der Waals surface area contributed by atoms with Crippen molar-refractivity contribution in [3.8, 4) is 0 Å². The van der Waals surface area contributed by atoms with Crippen molar-refractivity contribution in [3.63, 3.8) is 0 Å². The zero-order valence-electron chi connectivity index (χ0n) is 16.8. The first-order valence-electron chi connectivity index (χ1n) is 9.86. The summed E-state index contributed by atoms with van der Waals surface area (Å²) in [5, 5.41) is 6.18. The van der Waals surface area contributed by atoms with Gasteiger partial charge in [-0.1, -0.05) is 103 Å². The highest BCUT2D eigenvalue weighted by molar-refractivity contribution is 7.87. The van der Waals surface area contributed by atoms with Crippen LogP contribution in [0.1, 0.15) is 10.4 Å². The van der Waals surface area contributed by atoms with E-state index in [1.165, 1.54) is 0 Å². The highest BCUT2D eigenvalue weighted by atomic mass is 31.2. The van der Waals surface area contributed by atoms with E-state index in [2.05, 4.69) is 78.1 Å². The van der Waals surface area contributed by atoms with Gasteiger partial charge in [0, 0.05) is 23.0 Å². The van der Waals surface area contributed by atoms with Crippen LogP contribution in [0.3, 0.4) is 0 Å². The summed E-state index contributed by atoms with van der Waals surface area (Å²) in [6.07, 6.45) is 0. The van der Waals surface area contributed by atoms with E-state index in [1.54, 1.807) is 7.05 Å². The Morgan fingerprint density at radius 2 is 1.03 bits per heavy atom. The van der Waals surface area contributed by atoms with Crippen LogP contribution in [0, 0.1) is 0 Å². The molecule has 0 saturated carbocycles. The monoisotopic (exact) mass is 410 g/mol. The summed E-state index contributed by atoms with van der Waals surface area (Å²) in [5.41, 5.74) is 1.27. The van der Waals surface area contributed by atoms with Gasteiger partial charge in [0.05, 0.1) is 18.3 Å². The molecule has 0 aliphatic heterocycles. The lowest BCUT2D eigenvalue weighted by Gasteiger charge is -2.27. The van der Waals surface area contributed by atoms with Gasteiger partial charge in [-0.15, -0.1) is 0 Å². The molecular formula is C26H23N2OP. The van der Waals surface area contributed by atoms with Crippen molar-refractivity contribution in [1.29, 1.82) is 0 Å². The number of rotatable bonds is 5. The molecule has 148 valence electrons. The predicted molar refractivity (Wildman–Crippen MR) is 127 cm³/mol. The van der Waals surface area contributed by atoms with Crippen LogP contribution in [0.25, 0.3) is 0 Å². The Morgan fingerprint density at radius 3 is 1.47 bits per heavy atom. The van der Waals surface area contributed by atoms with E-state index in [9.17, 15) is 4.79 Å². The van der Waals surface area contributed by atoms with Crippen molar-refractivity contribution < 1.29 is 4.79 Å². The molecule has 0 aliphatic carbocycles. The highest BCUT2D eigenvalue weighted by Crippen LogP contribution is 2.49. The number of hydrogen-bond acceptors (Lipinski definition) is 2. The second-order valence-electron chi connectivity index (χ2n) is 6.84. The van der Waals surface area contributed by atoms with E-state index in [0.29, 0.717) is 11.3 Å². The van der Waals surface area contributed by atoms with E-state index in [0.717, 1.165) is 15.9 Å². The van der Waals surface area contributed by atoms with Crippen LogP contribution in [0.2, 0.25) is 0 Å². The number of nitrogens with one attached hydrogen (secondary N) is 1. The van der Waals surface area contributed by atoms with Crippen molar-refractivity contribution in [2.75, 3.05) is 7.05 Å². The maximum absolute atomic E-state index is 12.6. The topological polar surface area (TPSA) is 41.5 Å². The number of carbonyl (C=O) groups is 1. The minimum absolute atomic E-state index is 0.137. The van der Waals surface area contributed by atoms with Gasteiger partial charge in [0.2, 0.25) is 0 Å². The molecule has 0 saturated heterocycles. The third-order valence-electron chi connectivity index (χ3n) is 5.02. The van der Waals surface area contributed by atoms with Crippen LogP contribution >= 0.6 is 7.05 Å². The zero-order chi connectivity index (χ0) is 20.8. The molecule has 0 aromatic heterocycles. The van der Waals surface area contributed by atoms with E-state index < -0.39 is 7.05 Å². The smallest absolute Gasteiger partial charge is 0.253 e. The van der Waals surface area contributed by atoms with Crippen LogP contribution in [-0.2, 0) is 0 Å². The first-order chi connectivity index (χ1) is 14.8. The molecule has 0 fully saturated rings. The minimum atomic E-state index is -2.41. The lowest BCUT2D eigenvalue weighted by Crippen LogP contribution is -2.25. The molecule has 4 aromatic rings. The number of carbonyl (C=O) groups excluding carboxylic acids is 1. The Hall–Kier alpha value is -3.42. The molecule has 0 bridgehead atoms. The standard InChI is InChI=1S/C26H23N2OP/c1-27-26(29)24-19-11-12-20-25(24)28-30(21-13-5-2-6-14-21,22-15-7-3-8-16-22)23-17-9-4-10-18-23/h2-20H,1H3,(H,27,29). The Labute approximate surface area is 177 Å². The predicted octanol–water partition coefficient (Wildman–Crippen LogP) is 4.86. The molecule has 4 aromatic carbocycles. The van der Waals surface area contributed by atoms with Gasteiger partial charge in [-0.3, -0.25) is 9.54 Å². The van der Waals surface area contributed by atoms with Gasteiger partial charge in [-0.25, -0.2) is 0 Å². The number of nitrogens with zero attached hydrogens (tertiary/aromatic N) is 1. The lowest BCUT2D eigenvalue weighted by atomic mass is 10.2. The molecule has 0 atom stereocenters. The summed E-state index contributed by atoms with van der Waals surface area (Å²) >= 11 is 0. The van der Waals surface area contributed by atoms with Crippen LogP contribution < -0.4 is 21.2 Å². The summed E-state index contributed by atoms with van der Waals surface area (Å²) in [6, 6.07) is 38.8. The van der Waals surface area contributed by atoms with E-state index in [4.69, 9.17) is 4.74 Å². The Balaban J connectivity index is 2.15. The maximum atomic E-state index is 12.6. The molecule has 3 nitrogen and oxygen atoms in total. The number of amides is 1. The van der Waals surface area contributed by atoms with Gasteiger partial charge in [-0.2, -0.15) is 0 Å². The molecule has 1 N–H and O–H groups in total. The molecule has 0 unspecified atom stereocenters. The zero-order valence-corrected chi connectivity index (χ0v) is 17.7. The molecule has 0 radical (unpaired) electrons. The van der Waals surface area contributed by atoms with Gasteiger partial charge < -0.3 is 5.32 Å². The third-order valence-corrected chi connectivity index (χ3v) is 8.67. The Bertz CT molecular complexity index is 1090. The SMILES string of the molecule is CNC(=O)c1ccccc1N=P(c1ccccc1)(c1ccccc1)c1ccccc1. The van der Waals surface area contributed by atoms with Gasteiger partial charge >= 0.3 is 0 Å². The molecular weight excluding hydrogens is 387 g/mol. The second-order valence-corrected chi connectivity index (χ2v) is 9.86. The molecule has 4 heteroatoms. The maximum Gasteiger partial charge on any atom is 0.253 e. The normalized spacial score (nSPS) is 11.0. The van der Waals surface area contributed by atoms with E-state index >= 15 is 0 Å². The summed E-state index contributed by atoms with van der Waals surface area (Å²) in [6.45, 7) is 0. The molecule has 0 spiro atoms. The van der Waals surface area contributed by atoms with Crippen molar-refractivity contribution in [2.45, 2.75) is 0 Å². The molecule has 0 heterocycles. The summed E-state index contributed by atoms with van der Waals surface area (Å²) in [5.74, 6) is -0.137. The summed E-state index contributed by atoms with van der Waals surface area (Å²) in [7, 11) is -0.761. The highest BCUT2D eigenvalue weighted by Gasteiger charge is 2.28. The lowest BCUT2D eigenvalue weighted by molar-refractivity contribution is 0.0964. The van der Waals surface area contributed by atoms with E-state index in [-0.39, 0.29) is 5.91 Å². The second kappa shape index (κ2) is 8.94. The fraction of sp³-hybridized carbons (Fsp3) is 0.0385. The van der Waals surface area contributed by atoms with Crippen molar-refractivity contribution in [1.82, 2.24) is 5.32 Å². The summed E-state index contributed by atoms with van der Waals surface area (Å²) in [4.78, 5) is 12.6. The van der Waals surface area contributed by atoms with Crippen molar-refractivity contribution >= 4 is 34.6 Å². The van der Waals surface area contributed by atoms with Gasteiger partial charge in [0.25, 0.3) is 5.91 Å². The third kappa shape index (κ3) is 3.72. The number of benzene rings is 4. The Kier molecular flexibility index (Phi) is 5.92. The van der Waals surface area contributed by atoms with Crippen molar-refractivity contribution in [2.24, 2.45) is 4.74 Å². The molecule has 4 rings (SSSR count). The minimum Gasteiger partial charge on any atom is -0.355 e. The van der Waals surface area contributed by atoms with Gasteiger partial charge in [0.1, 0.15) is 0 Å². The largest absolute Gasteiger partial charge is 0.355 e. The number of hydrogen-bond donors (Lipinski definition) is 1. The van der Waals surface area contributed by atoms with Crippen LogP contribution in [0.15, 0.2) is 120 Å². The molecule has 30 heavy (non-hydrogen) atoms. The van der Waals surface area contributed by atoms with Crippen LogP contribution in [-0.4, -0.2) is 13.0 Å². The molecule has 1 amide bonds. The fourth-order valence-electron chi connectivity index (χ4n) is 3.60. The average molecular weight is 410 g/mol. The van der Waals surface area contributed by atoms with Gasteiger partial charge in [0.15, 0.2) is 0 Å².